The van der Waals surface area contributed by atoms with Crippen LogP contribution >= 0.6 is 0 Å². The van der Waals surface area contributed by atoms with E-state index in [0.29, 0.717) is 28.6 Å². The number of nitrogens with one attached hydrogen (secondary N) is 1. The Morgan fingerprint density at radius 1 is 0.889 bits per heavy atom. The smallest absolute Gasteiger partial charge is 0.275 e. The number of aliphatic imine (C=N–C) groups is 1. The van der Waals surface area contributed by atoms with Crippen LogP contribution in [0.15, 0.2) is 47.1 Å². The van der Waals surface area contributed by atoms with Crippen molar-refractivity contribution in [3.8, 4) is 23.0 Å². The number of amidine groups is 1. The Morgan fingerprint density at radius 2 is 1.52 bits per heavy atom. The van der Waals surface area contributed by atoms with Gasteiger partial charge in [-0.15, -0.1) is 0 Å². The minimum absolute atomic E-state index is 0.283. The molecular formula is C20H20N2O5. The van der Waals surface area contributed by atoms with Crippen molar-refractivity contribution >= 4 is 17.8 Å². The average molecular weight is 368 g/mol. The van der Waals surface area contributed by atoms with E-state index in [9.17, 15) is 4.79 Å². The highest BCUT2D eigenvalue weighted by Crippen LogP contribution is 2.38. The van der Waals surface area contributed by atoms with Gasteiger partial charge in [-0.1, -0.05) is 0 Å². The molecular weight excluding hydrogens is 348 g/mol. The van der Waals surface area contributed by atoms with E-state index in [1.54, 1.807) is 25.3 Å². The summed E-state index contributed by atoms with van der Waals surface area (Å²) in [6.45, 7) is 0. The van der Waals surface area contributed by atoms with Gasteiger partial charge in [-0.25, -0.2) is 4.99 Å². The van der Waals surface area contributed by atoms with Gasteiger partial charge in [-0.05, 0) is 48.0 Å². The second kappa shape index (κ2) is 7.82. The van der Waals surface area contributed by atoms with Crippen LogP contribution in [-0.2, 0) is 4.79 Å². The largest absolute Gasteiger partial charge is 0.497 e. The third kappa shape index (κ3) is 3.72. The van der Waals surface area contributed by atoms with Crippen molar-refractivity contribution in [2.75, 3.05) is 28.4 Å². The van der Waals surface area contributed by atoms with E-state index >= 15 is 0 Å². The Morgan fingerprint density at radius 3 is 2.04 bits per heavy atom. The zero-order valence-electron chi connectivity index (χ0n) is 15.5. The number of amides is 1. The van der Waals surface area contributed by atoms with Crippen LogP contribution in [0.25, 0.3) is 6.08 Å². The summed E-state index contributed by atoms with van der Waals surface area (Å²) in [5.41, 5.74) is 1.78. The lowest BCUT2D eigenvalue weighted by atomic mass is 10.1. The van der Waals surface area contributed by atoms with Gasteiger partial charge >= 0.3 is 0 Å². The Kier molecular flexibility index (Phi) is 5.30. The molecule has 1 heterocycles. The lowest BCUT2D eigenvalue weighted by molar-refractivity contribution is -0.115. The van der Waals surface area contributed by atoms with Crippen molar-refractivity contribution in [2.24, 2.45) is 4.99 Å². The van der Waals surface area contributed by atoms with E-state index < -0.39 is 0 Å². The molecule has 2 aromatic rings. The molecule has 1 N–H and O–H groups in total. The first-order valence-electron chi connectivity index (χ1n) is 8.15. The van der Waals surface area contributed by atoms with E-state index in [1.165, 1.54) is 21.3 Å². The molecule has 0 aliphatic carbocycles. The highest BCUT2D eigenvalue weighted by molar-refractivity contribution is 6.19. The molecule has 0 radical (unpaired) electrons. The maximum Gasteiger partial charge on any atom is 0.275 e. The van der Waals surface area contributed by atoms with Crippen molar-refractivity contribution in [3.05, 3.63) is 53.2 Å². The lowest BCUT2D eigenvalue weighted by Crippen LogP contribution is -2.24. The summed E-state index contributed by atoms with van der Waals surface area (Å²) in [6, 6.07) is 10.8. The maximum atomic E-state index is 12.3. The molecule has 0 bridgehead atoms. The zero-order valence-corrected chi connectivity index (χ0v) is 15.5. The van der Waals surface area contributed by atoms with Crippen LogP contribution in [0.5, 0.6) is 23.0 Å². The quantitative estimate of drug-likeness (QED) is 0.793. The topological polar surface area (TPSA) is 78.4 Å². The number of hydrogen-bond acceptors (Lipinski definition) is 6. The van der Waals surface area contributed by atoms with Crippen molar-refractivity contribution in [1.29, 1.82) is 0 Å². The fourth-order valence-corrected chi connectivity index (χ4v) is 2.70. The van der Waals surface area contributed by atoms with E-state index in [1.807, 2.05) is 24.3 Å². The Balaban J connectivity index is 1.96. The molecule has 0 aromatic heterocycles. The molecule has 0 atom stereocenters. The first-order chi connectivity index (χ1) is 13.1. The Labute approximate surface area is 157 Å². The van der Waals surface area contributed by atoms with Crippen LogP contribution in [0, 0.1) is 0 Å². The minimum Gasteiger partial charge on any atom is -0.497 e. The van der Waals surface area contributed by atoms with Crippen molar-refractivity contribution in [3.63, 3.8) is 0 Å². The summed E-state index contributed by atoms with van der Waals surface area (Å²) in [5, 5.41) is 2.77. The molecule has 0 saturated carbocycles. The van der Waals surface area contributed by atoms with E-state index in [2.05, 4.69) is 10.3 Å². The van der Waals surface area contributed by atoms with Gasteiger partial charge in [0, 0.05) is 5.56 Å². The number of methoxy groups -OCH3 is 4. The van der Waals surface area contributed by atoms with Crippen molar-refractivity contribution in [1.82, 2.24) is 5.32 Å². The molecule has 2 aromatic carbocycles. The fraction of sp³-hybridized carbons (Fsp3) is 0.200. The monoisotopic (exact) mass is 368 g/mol. The summed E-state index contributed by atoms with van der Waals surface area (Å²) in [4.78, 5) is 16.7. The first kappa shape index (κ1) is 18.3. The van der Waals surface area contributed by atoms with E-state index in [4.69, 9.17) is 18.9 Å². The molecule has 1 aliphatic rings. The minimum atomic E-state index is -0.283. The van der Waals surface area contributed by atoms with Crippen LogP contribution in [0.1, 0.15) is 11.1 Å². The molecule has 140 valence electrons. The van der Waals surface area contributed by atoms with Crippen LogP contribution in [0.2, 0.25) is 0 Å². The lowest BCUT2D eigenvalue weighted by Gasteiger charge is -2.12. The molecule has 3 rings (SSSR count). The molecule has 0 fully saturated rings. The summed E-state index contributed by atoms with van der Waals surface area (Å²) in [7, 11) is 6.21. The van der Waals surface area contributed by atoms with Gasteiger partial charge in [0.15, 0.2) is 11.5 Å². The molecule has 0 spiro atoms. The van der Waals surface area contributed by atoms with E-state index in [0.717, 1.165) is 11.3 Å². The summed E-state index contributed by atoms with van der Waals surface area (Å²) in [5.74, 6) is 2.43. The van der Waals surface area contributed by atoms with Gasteiger partial charge in [0.1, 0.15) is 17.3 Å². The van der Waals surface area contributed by atoms with Crippen molar-refractivity contribution < 1.29 is 23.7 Å². The highest BCUT2D eigenvalue weighted by atomic mass is 16.5. The van der Waals surface area contributed by atoms with Gasteiger partial charge in [0.05, 0.1) is 28.4 Å². The number of benzene rings is 2. The highest BCUT2D eigenvalue weighted by Gasteiger charge is 2.22. The van der Waals surface area contributed by atoms with Gasteiger partial charge < -0.3 is 24.3 Å². The Hall–Kier alpha value is -3.48. The number of nitrogens with zero attached hydrogens (tertiary/aromatic N) is 1. The van der Waals surface area contributed by atoms with Gasteiger partial charge in [0.25, 0.3) is 5.91 Å². The predicted molar refractivity (Wildman–Crippen MR) is 102 cm³/mol. The second-order valence-electron chi connectivity index (χ2n) is 5.63. The standard InChI is InChI=1S/C20H20N2O5/c1-24-14-7-5-13(6-8-14)19-21-15(20(23)22-19)9-12-10-16(25-2)18(27-4)17(11-12)26-3/h5-11H,1-4H3,(H,21,22,23)/b15-9+. The van der Waals surface area contributed by atoms with Gasteiger partial charge in [-0.2, -0.15) is 0 Å². The number of hydrogen-bond donors (Lipinski definition) is 1. The number of rotatable bonds is 6. The normalized spacial score (nSPS) is 14.6. The summed E-state index contributed by atoms with van der Waals surface area (Å²) < 4.78 is 21.1. The molecule has 27 heavy (non-hydrogen) atoms. The number of carbonyl (C=O) groups is 1. The van der Waals surface area contributed by atoms with Crippen molar-refractivity contribution in [2.45, 2.75) is 0 Å². The number of ether oxygens (including phenoxy) is 4. The SMILES string of the molecule is COc1ccc(C2=N/C(=C/c3cc(OC)c(OC)c(OC)c3)C(=O)N2)cc1. The Bertz CT molecular complexity index is 891. The molecule has 1 amide bonds. The summed E-state index contributed by atoms with van der Waals surface area (Å²) >= 11 is 0. The van der Waals surface area contributed by atoms with Gasteiger partial charge in [0.2, 0.25) is 5.75 Å². The molecule has 7 heteroatoms. The fourth-order valence-electron chi connectivity index (χ4n) is 2.70. The molecule has 1 aliphatic heterocycles. The zero-order chi connectivity index (χ0) is 19.4. The molecule has 7 nitrogen and oxygen atoms in total. The van der Waals surface area contributed by atoms with Gasteiger partial charge in [-0.3, -0.25) is 4.79 Å². The summed E-state index contributed by atoms with van der Waals surface area (Å²) in [6.07, 6.45) is 1.66. The van der Waals surface area contributed by atoms with Crippen LogP contribution in [0.3, 0.4) is 0 Å². The molecule has 0 unspecified atom stereocenters. The third-order valence-electron chi connectivity index (χ3n) is 4.05. The first-order valence-corrected chi connectivity index (χ1v) is 8.15. The second-order valence-corrected chi connectivity index (χ2v) is 5.63. The molecule has 0 saturated heterocycles. The van der Waals surface area contributed by atoms with E-state index in [-0.39, 0.29) is 11.6 Å². The maximum absolute atomic E-state index is 12.3. The third-order valence-corrected chi connectivity index (χ3v) is 4.05. The predicted octanol–water partition coefficient (Wildman–Crippen LogP) is 2.64. The van der Waals surface area contributed by atoms with Crippen LogP contribution in [0.4, 0.5) is 0 Å². The average Bonchev–Trinajstić information content (AvgIpc) is 3.07. The number of carbonyl (C=O) groups excluding carboxylic acids is 1. The van der Waals surface area contributed by atoms with Crippen LogP contribution in [-0.4, -0.2) is 40.2 Å². The van der Waals surface area contributed by atoms with Crippen LogP contribution < -0.4 is 24.3 Å².